The molecule has 1 unspecified atom stereocenters. The molecular weight excluding hydrogens is 152 g/mol. The van der Waals surface area contributed by atoms with Gasteiger partial charge in [-0.15, -0.1) is 5.10 Å². The van der Waals surface area contributed by atoms with Crippen LogP contribution in [0.4, 0.5) is 0 Å². The molecule has 1 N–H and O–H groups in total. The van der Waals surface area contributed by atoms with Crippen LogP contribution < -0.4 is 5.32 Å². The van der Waals surface area contributed by atoms with E-state index in [0.717, 1.165) is 12.2 Å². The minimum atomic E-state index is 0.437. The van der Waals surface area contributed by atoms with Gasteiger partial charge >= 0.3 is 0 Å². The summed E-state index contributed by atoms with van der Waals surface area (Å²) in [6.07, 6.45) is 5.77. The van der Waals surface area contributed by atoms with Gasteiger partial charge in [0.15, 0.2) is 0 Å². The molecule has 1 atom stereocenters. The Kier molecular flexibility index (Phi) is 2.08. The first-order valence-electron chi connectivity index (χ1n) is 4.46. The minimum Gasteiger partial charge on any atom is -0.309 e. The lowest BCUT2D eigenvalue weighted by Crippen LogP contribution is -2.26. The number of nitrogens with one attached hydrogen (secondary N) is 1. The van der Waals surface area contributed by atoms with Crippen molar-refractivity contribution in [1.82, 2.24) is 20.3 Å². The first kappa shape index (κ1) is 7.73. The summed E-state index contributed by atoms with van der Waals surface area (Å²) in [4.78, 5) is 0. The molecule has 1 saturated heterocycles. The second-order valence-corrected chi connectivity index (χ2v) is 3.32. The molecule has 0 bridgehead atoms. The summed E-state index contributed by atoms with van der Waals surface area (Å²) in [6, 6.07) is 0.437. The van der Waals surface area contributed by atoms with Crippen molar-refractivity contribution in [3.63, 3.8) is 0 Å². The van der Waals surface area contributed by atoms with Crippen molar-refractivity contribution in [2.75, 3.05) is 6.54 Å². The maximum atomic E-state index is 4.09. The molecule has 12 heavy (non-hydrogen) atoms. The first-order chi connectivity index (χ1) is 5.86. The Hall–Kier alpha value is -0.900. The Morgan fingerprint density at radius 2 is 2.50 bits per heavy atom. The zero-order valence-corrected chi connectivity index (χ0v) is 7.32. The van der Waals surface area contributed by atoms with Crippen molar-refractivity contribution in [2.24, 2.45) is 7.05 Å². The van der Waals surface area contributed by atoms with Crippen LogP contribution in [0, 0.1) is 0 Å². The zero-order valence-electron chi connectivity index (χ0n) is 7.32. The maximum Gasteiger partial charge on any atom is 0.0996 e. The van der Waals surface area contributed by atoms with E-state index in [0.29, 0.717) is 6.04 Å². The van der Waals surface area contributed by atoms with Gasteiger partial charge in [0.25, 0.3) is 0 Å². The molecule has 2 heterocycles. The van der Waals surface area contributed by atoms with E-state index in [9.17, 15) is 0 Å². The maximum absolute atomic E-state index is 4.09. The zero-order chi connectivity index (χ0) is 8.39. The molecule has 4 nitrogen and oxygen atoms in total. The van der Waals surface area contributed by atoms with Gasteiger partial charge in [-0.05, 0) is 19.4 Å². The topological polar surface area (TPSA) is 42.7 Å². The van der Waals surface area contributed by atoms with Crippen molar-refractivity contribution >= 4 is 0 Å². The number of aryl methyl sites for hydroxylation is 1. The largest absolute Gasteiger partial charge is 0.309 e. The van der Waals surface area contributed by atoms with Crippen LogP contribution in [-0.4, -0.2) is 21.5 Å². The predicted octanol–water partition coefficient (Wildman–Crippen LogP) is 0.630. The second-order valence-electron chi connectivity index (χ2n) is 3.32. The van der Waals surface area contributed by atoms with E-state index in [1.54, 1.807) is 4.68 Å². The van der Waals surface area contributed by atoms with Gasteiger partial charge in [-0.25, -0.2) is 0 Å². The molecular formula is C8H14N4. The predicted molar refractivity (Wildman–Crippen MR) is 45.6 cm³/mol. The first-order valence-corrected chi connectivity index (χ1v) is 4.46. The van der Waals surface area contributed by atoms with E-state index in [1.165, 1.54) is 19.3 Å². The van der Waals surface area contributed by atoms with Crippen molar-refractivity contribution in [2.45, 2.75) is 25.3 Å². The number of hydrogen-bond donors (Lipinski definition) is 1. The van der Waals surface area contributed by atoms with Gasteiger partial charge in [0, 0.05) is 13.2 Å². The van der Waals surface area contributed by atoms with Gasteiger partial charge in [0.2, 0.25) is 0 Å². The van der Waals surface area contributed by atoms with Crippen LogP contribution >= 0.6 is 0 Å². The van der Waals surface area contributed by atoms with Crippen LogP contribution in [0.5, 0.6) is 0 Å². The molecule has 0 amide bonds. The number of rotatable bonds is 1. The quantitative estimate of drug-likeness (QED) is 0.665. The van der Waals surface area contributed by atoms with E-state index >= 15 is 0 Å². The molecule has 0 radical (unpaired) electrons. The van der Waals surface area contributed by atoms with Crippen LogP contribution in [0.25, 0.3) is 0 Å². The third-order valence-corrected chi connectivity index (χ3v) is 2.29. The molecule has 4 heteroatoms. The Morgan fingerprint density at radius 3 is 3.08 bits per heavy atom. The Balaban J connectivity index is 2.08. The number of nitrogens with zero attached hydrogens (tertiary/aromatic N) is 3. The van der Waals surface area contributed by atoms with Crippen LogP contribution in [-0.2, 0) is 7.05 Å². The van der Waals surface area contributed by atoms with E-state index in [2.05, 4.69) is 15.6 Å². The summed E-state index contributed by atoms with van der Waals surface area (Å²) in [5.74, 6) is 0. The highest BCUT2D eigenvalue weighted by molar-refractivity contribution is 5.01. The highest BCUT2D eigenvalue weighted by Gasteiger charge is 2.16. The monoisotopic (exact) mass is 166 g/mol. The van der Waals surface area contributed by atoms with Crippen molar-refractivity contribution in [3.05, 3.63) is 11.9 Å². The molecule has 1 aliphatic heterocycles. The molecule has 66 valence electrons. The highest BCUT2D eigenvalue weighted by Crippen LogP contribution is 2.19. The van der Waals surface area contributed by atoms with Crippen molar-refractivity contribution < 1.29 is 0 Å². The smallest absolute Gasteiger partial charge is 0.0996 e. The van der Waals surface area contributed by atoms with E-state index in [4.69, 9.17) is 0 Å². The Labute approximate surface area is 72.0 Å². The van der Waals surface area contributed by atoms with Gasteiger partial charge < -0.3 is 5.32 Å². The van der Waals surface area contributed by atoms with Gasteiger partial charge in [-0.1, -0.05) is 11.6 Å². The molecule has 1 fully saturated rings. The SMILES string of the molecule is Cn1cc(C2CCCCN2)nn1. The molecule has 0 aliphatic carbocycles. The molecule has 1 aromatic heterocycles. The second kappa shape index (κ2) is 3.23. The van der Waals surface area contributed by atoms with Gasteiger partial charge in [0.05, 0.1) is 11.7 Å². The minimum absolute atomic E-state index is 0.437. The molecule has 2 rings (SSSR count). The lowest BCUT2D eigenvalue weighted by Gasteiger charge is -2.20. The lowest BCUT2D eigenvalue weighted by molar-refractivity contribution is 0.405. The highest BCUT2D eigenvalue weighted by atomic mass is 15.4. The average Bonchev–Trinajstić information content (AvgIpc) is 2.54. The summed E-state index contributed by atoms with van der Waals surface area (Å²) in [5.41, 5.74) is 1.08. The van der Waals surface area contributed by atoms with E-state index in [-0.39, 0.29) is 0 Å². The summed E-state index contributed by atoms with van der Waals surface area (Å²) in [7, 11) is 1.90. The fourth-order valence-electron chi connectivity index (χ4n) is 1.63. The number of aromatic nitrogens is 3. The molecule has 0 spiro atoms. The number of piperidine rings is 1. The van der Waals surface area contributed by atoms with E-state index < -0.39 is 0 Å². The van der Waals surface area contributed by atoms with Gasteiger partial charge in [-0.2, -0.15) is 0 Å². The van der Waals surface area contributed by atoms with Crippen LogP contribution in [0.1, 0.15) is 31.0 Å². The van der Waals surface area contributed by atoms with Crippen molar-refractivity contribution in [3.8, 4) is 0 Å². The fraction of sp³-hybridized carbons (Fsp3) is 0.750. The number of hydrogen-bond acceptors (Lipinski definition) is 3. The summed E-state index contributed by atoms with van der Waals surface area (Å²) >= 11 is 0. The van der Waals surface area contributed by atoms with Crippen LogP contribution in [0.2, 0.25) is 0 Å². The molecule has 1 aromatic rings. The third kappa shape index (κ3) is 1.48. The Bertz CT molecular complexity index is 249. The fourth-order valence-corrected chi connectivity index (χ4v) is 1.63. The van der Waals surface area contributed by atoms with E-state index in [1.807, 2.05) is 13.2 Å². The van der Waals surface area contributed by atoms with Gasteiger partial charge in [-0.3, -0.25) is 4.68 Å². The third-order valence-electron chi connectivity index (χ3n) is 2.29. The van der Waals surface area contributed by atoms with Crippen molar-refractivity contribution in [1.29, 1.82) is 0 Å². The van der Waals surface area contributed by atoms with Gasteiger partial charge in [0.1, 0.15) is 0 Å². The summed E-state index contributed by atoms with van der Waals surface area (Å²) < 4.78 is 1.76. The summed E-state index contributed by atoms with van der Waals surface area (Å²) in [6.45, 7) is 1.11. The summed E-state index contributed by atoms with van der Waals surface area (Å²) in [5, 5.41) is 11.4. The lowest BCUT2D eigenvalue weighted by atomic mass is 10.0. The van der Waals surface area contributed by atoms with Crippen LogP contribution in [0.15, 0.2) is 6.20 Å². The molecule has 1 aliphatic rings. The molecule has 0 aromatic carbocycles. The normalized spacial score (nSPS) is 24.2. The molecule has 0 saturated carbocycles. The Morgan fingerprint density at radius 1 is 1.58 bits per heavy atom. The standard InChI is InChI=1S/C8H14N4/c1-12-6-8(10-11-12)7-4-2-3-5-9-7/h6-7,9H,2-5H2,1H3. The van der Waals surface area contributed by atoms with Crippen LogP contribution in [0.3, 0.4) is 0 Å². The average molecular weight is 166 g/mol.